The number of rotatable bonds is 16. The highest BCUT2D eigenvalue weighted by Crippen LogP contribution is 2.37. The monoisotopic (exact) mass is 666 g/mol. The SMILES string of the molecule is CCOC(=O)C(Cc1ccc(OCCOC2c3ccc(Cc4ccccc4)cc3C=Cc3ccc(CCc4ccccc4)cc32)cc1)OCC. The molecule has 1 aliphatic rings. The van der Waals surface area contributed by atoms with Gasteiger partial charge in [0.05, 0.1) is 13.2 Å². The number of hydrogen-bond acceptors (Lipinski definition) is 5. The van der Waals surface area contributed by atoms with E-state index in [1.54, 1.807) is 6.92 Å². The Morgan fingerprint density at radius 3 is 2.04 bits per heavy atom. The van der Waals surface area contributed by atoms with Crippen molar-refractivity contribution in [2.45, 2.75) is 51.7 Å². The Labute approximate surface area is 296 Å². The van der Waals surface area contributed by atoms with Gasteiger partial charge in [0.15, 0.2) is 6.10 Å². The molecule has 0 saturated heterocycles. The van der Waals surface area contributed by atoms with Crippen molar-refractivity contribution in [3.8, 4) is 5.75 Å². The van der Waals surface area contributed by atoms with Crippen LogP contribution in [0.2, 0.25) is 0 Å². The summed E-state index contributed by atoms with van der Waals surface area (Å²) < 4.78 is 23.7. The molecule has 0 saturated carbocycles. The topological polar surface area (TPSA) is 54.0 Å². The minimum absolute atomic E-state index is 0.234. The van der Waals surface area contributed by atoms with Gasteiger partial charge in [-0.2, -0.15) is 0 Å². The van der Waals surface area contributed by atoms with E-state index in [4.69, 9.17) is 18.9 Å². The van der Waals surface area contributed by atoms with Crippen LogP contribution in [0.1, 0.15) is 70.0 Å². The Hall–Kier alpha value is -4.97. The number of carbonyl (C=O) groups excluding carboxylic acids is 1. The van der Waals surface area contributed by atoms with E-state index in [-0.39, 0.29) is 12.1 Å². The molecule has 0 amide bonds. The summed E-state index contributed by atoms with van der Waals surface area (Å²) >= 11 is 0. The van der Waals surface area contributed by atoms with Crippen LogP contribution < -0.4 is 4.74 Å². The fourth-order valence-electron chi connectivity index (χ4n) is 6.48. The molecule has 0 aromatic heterocycles. The predicted molar refractivity (Wildman–Crippen MR) is 200 cm³/mol. The number of carbonyl (C=O) groups is 1. The summed E-state index contributed by atoms with van der Waals surface area (Å²) in [7, 11) is 0. The molecule has 0 fully saturated rings. The zero-order valence-electron chi connectivity index (χ0n) is 29.1. The van der Waals surface area contributed by atoms with E-state index in [1.807, 2.05) is 31.2 Å². The number of fused-ring (bicyclic) bond motifs is 2. The first kappa shape index (κ1) is 34.9. The van der Waals surface area contributed by atoms with Gasteiger partial charge in [0.25, 0.3) is 0 Å². The standard InChI is InChI=1S/C45H46O5/c1-3-47-43(45(46)48-4-2)32-36-18-24-40(25-19-36)49-27-28-50-44-41-26-20-37(29-34-13-9-6-10-14-34)30-39(41)23-22-38-21-17-35(31-42(38)44)16-15-33-11-7-5-8-12-33/h5-14,17-26,30-31,43-44H,3-4,15-16,27-29,32H2,1-2H3. The van der Waals surface area contributed by atoms with Crippen LogP contribution in [0.5, 0.6) is 5.75 Å². The van der Waals surface area contributed by atoms with Crippen molar-refractivity contribution in [3.63, 3.8) is 0 Å². The van der Waals surface area contributed by atoms with Gasteiger partial charge in [0, 0.05) is 13.0 Å². The molecule has 0 heterocycles. The Morgan fingerprint density at radius 1 is 0.620 bits per heavy atom. The van der Waals surface area contributed by atoms with Gasteiger partial charge in [-0.25, -0.2) is 4.79 Å². The summed E-state index contributed by atoms with van der Waals surface area (Å²) in [5.74, 6) is 0.415. The lowest BCUT2D eigenvalue weighted by atomic mass is 9.92. The predicted octanol–water partition coefficient (Wildman–Crippen LogP) is 9.24. The zero-order chi connectivity index (χ0) is 34.5. The van der Waals surface area contributed by atoms with E-state index >= 15 is 0 Å². The Balaban J connectivity index is 1.16. The van der Waals surface area contributed by atoms with Crippen molar-refractivity contribution in [2.24, 2.45) is 0 Å². The third kappa shape index (κ3) is 9.38. The van der Waals surface area contributed by atoms with Crippen LogP contribution in [-0.2, 0) is 44.7 Å². The van der Waals surface area contributed by atoms with Crippen molar-refractivity contribution < 1.29 is 23.7 Å². The van der Waals surface area contributed by atoms with Crippen molar-refractivity contribution >= 4 is 18.1 Å². The molecule has 0 N–H and O–H groups in total. The van der Waals surface area contributed by atoms with Gasteiger partial charge < -0.3 is 18.9 Å². The fraction of sp³-hybridized carbons (Fsp3) is 0.267. The molecule has 6 rings (SSSR count). The van der Waals surface area contributed by atoms with Crippen LogP contribution in [0.4, 0.5) is 0 Å². The molecule has 5 aromatic carbocycles. The van der Waals surface area contributed by atoms with Crippen LogP contribution >= 0.6 is 0 Å². The van der Waals surface area contributed by atoms with Crippen LogP contribution in [0.25, 0.3) is 12.2 Å². The molecule has 2 atom stereocenters. The first-order chi connectivity index (χ1) is 24.6. The zero-order valence-corrected chi connectivity index (χ0v) is 29.1. The normalized spacial score (nSPS) is 13.9. The number of ether oxygens (including phenoxy) is 4. The van der Waals surface area contributed by atoms with E-state index < -0.39 is 6.10 Å². The fourth-order valence-corrected chi connectivity index (χ4v) is 6.48. The summed E-state index contributed by atoms with van der Waals surface area (Å²) in [5, 5.41) is 0. The lowest BCUT2D eigenvalue weighted by Gasteiger charge is -2.22. The van der Waals surface area contributed by atoms with E-state index in [9.17, 15) is 4.79 Å². The van der Waals surface area contributed by atoms with Gasteiger partial charge >= 0.3 is 5.97 Å². The number of hydrogen-bond donors (Lipinski definition) is 0. The van der Waals surface area contributed by atoms with E-state index in [1.165, 1.54) is 38.9 Å². The maximum Gasteiger partial charge on any atom is 0.335 e. The summed E-state index contributed by atoms with van der Waals surface area (Å²) in [6, 6.07) is 42.6. The van der Waals surface area contributed by atoms with Crippen LogP contribution in [0.15, 0.2) is 121 Å². The summed E-state index contributed by atoms with van der Waals surface area (Å²) in [6.07, 6.45) is 6.88. The first-order valence-electron chi connectivity index (χ1n) is 17.7. The molecule has 2 unspecified atom stereocenters. The highest BCUT2D eigenvalue weighted by Gasteiger charge is 2.24. The van der Waals surface area contributed by atoms with Gasteiger partial charge in [-0.1, -0.05) is 121 Å². The second kappa shape index (κ2) is 17.6. The Bertz CT molecular complexity index is 1850. The molecule has 5 heteroatoms. The van der Waals surface area contributed by atoms with Gasteiger partial charge in [0.1, 0.15) is 18.5 Å². The lowest BCUT2D eigenvalue weighted by Crippen LogP contribution is -2.28. The highest BCUT2D eigenvalue weighted by atomic mass is 16.6. The van der Waals surface area contributed by atoms with Gasteiger partial charge in [-0.15, -0.1) is 0 Å². The van der Waals surface area contributed by atoms with E-state index in [2.05, 4.69) is 109 Å². The summed E-state index contributed by atoms with van der Waals surface area (Å²) in [4.78, 5) is 12.3. The molecule has 0 radical (unpaired) electrons. The Morgan fingerprint density at radius 2 is 1.30 bits per heavy atom. The largest absolute Gasteiger partial charge is 0.491 e. The lowest BCUT2D eigenvalue weighted by molar-refractivity contribution is -0.156. The summed E-state index contributed by atoms with van der Waals surface area (Å²) in [5.41, 5.74) is 10.9. The molecule has 1 aliphatic carbocycles. The third-order valence-corrected chi connectivity index (χ3v) is 9.00. The van der Waals surface area contributed by atoms with Crippen molar-refractivity contribution in [1.82, 2.24) is 0 Å². The molecule has 5 aromatic rings. The second-order valence-corrected chi connectivity index (χ2v) is 12.6. The van der Waals surface area contributed by atoms with E-state index in [0.717, 1.165) is 36.1 Å². The minimum Gasteiger partial charge on any atom is -0.491 e. The molecule has 5 nitrogen and oxygen atoms in total. The van der Waals surface area contributed by atoms with Crippen LogP contribution in [0.3, 0.4) is 0 Å². The quantitative estimate of drug-likeness (QED) is 0.0777. The first-order valence-corrected chi connectivity index (χ1v) is 17.7. The molecular formula is C45H46O5. The Kier molecular flexibility index (Phi) is 12.3. The van der Waals surface area contributed by atoms with Gasteiger partial charge in [0.2, 0.25) is 0 Å². The van der Waals surface area contributed by atoms with Gasteiger partial charge in [-0.05, 0) is 95.3 Å². The average molecular weight is 667 g/mol. The molecule has 0 spiro atoms. The number of esters is 1. The average Bonchev–Trinajstić information content (AvgIpc) is 3.30. The smallest absolute Gasteiger partial charge is 0.335 e. The molecule has 256 valence electrons. The van der Waals surface area contributed by atoms with Crippen LogP contribution in [0, 0.1) is 0 Å². The molecular weight excluding hydrogens is 620 g/mol. The van der Waals surface area contributed by atoms with E-state index in [0.29, 0.717) is 32.8 Å². The minimum atomic E-state index is -0.617. The molecule has 0 bridgehead atoms. The van der Waals surface area contributed by atoms with Crippen molar-refractivity contribution in [1.29, 1.82) is 0 Å². The third-order valence-electron chi connectivity index (χ3n) is 9.00. The molecule has 0 aliphatic heterocycles. The van der Waals surface area contributed by atoms with Crippen LogP contribution in [-0.4, -0.2) is 38.5 Å². The second-order valence-electron chi connectivity index (χ2n) is 12.6. The molecule has 50 heavy (non-hydrogen) atoms. The van der Waals surface area contributed by atoms with Crippen molar-refractivity contribution in [2.75, 3.05) is 26.4 Å². The number of benzene rings is 5. The maximum absolute atomic E-state index is 12.3. The highest BCUT2D eigenvalue weighted by molar-refractivity contribution is 5.77. The number of aryl methyl sites for hydroxylation is 2. The van der Waals surface area contributed by atoms with Gasteiger partial charge in [-0.3, -0.25) is 0 Å². The summed E-state index contributed by atoms with van der Waals surface area (Å²) in [6.45, 7) is 5.27. The maximum atomic E-state index is 12.3. The van der Waals surface area contributed by atoms with Crippen molar-refractivity contribution in [3.05, 3.63) is 171 Å².